The highest BCUT2D eigenvalue weighted by molar-refractivity contribution is 7.18. The zero-order valence-electron chi connectivity index (χ0n) is 7.49. The summed E-state index contributed by atoms with van der Waals surface area (Å²) in [5, 5.41) is 13.4. The minimum atomic E-state index is 0.729. The van der Waals surface area contributed by atoms with E-state index in [1.807, 2.05) is 31.3 Å². The van der Waals surface area contributed by atoms with E-state index in [9.17, 15) is 0 Å². The minimum absolute atomic E-state index is 0.729. The van der Waals surface area contributed by atoms with Gasteiger partial charge in [-0.2, -0.15) is 0 Å². The summed E-state index contributed by atoms with van der Waals surface area (Å²) in [6.45, 7) is 0. The van der Waals surface area contributed by atoms with Gasteiger partial charge in [0.1, 0.15) is 5.01 Å². The Morgan fingerprint density at radius 1 is 1.21 bits per heavy atom. The molecule has 1 heterocycles. The van der Waals surface area contributed by atoms with Crippen LogP contribution in [0.2, 0.25) is 5.02 Å². The maximum atomic E-state index is 5.79. The van der Waals surface area contributed by atoms with Crippen LogP contribution < -0.4 is 5.32 Å². The second-order valence-corrected chi connectivity index (χ2v) is 4.08. The molecule has 14 heavy (non-hydrogen) atoms. The first-order valence-electron chi connectivity index (χ1n) is 4.07. The summed E-state index contributed by atoms with van der Waals surface area (Å²) in [6.07, 6.45) is 0. The summed E-state index contributed by atoms with van der Waals surface area (Å²) in [6, 6.07) is 7.55. The molecule has 0 unspecified atom stereocenters. The fourth-order valence-corrected chi connectivity index (χ4v) is 1.86. The third-order valence-corrected chi connectivity index (χ3v) is 2.97. The molecule has 1 aromatic carbocycles. The van der Waals surface area contributed by atoms with E-state index in [2.05, 4.69) is 15.5 Å². The number of halogens is 1. The Kier molecular flexibility index (Phi) is 2.65. The predicted molar refractivity (Wildman–Crippen MR) is 59.9 cm³/mol. The standard InChI is InChI=1S/C9H8ClN3S/c1-11-9-13-12-8(14-9)6-2-4-7(10)5-3-6/h2-5H,1H3,(H,11,13). The van der Waals surface area contributed by atoms with Gasteiger partial charge in [0.25, 0.3) is 0 Å². The first-order valence-corrected chi connectivity index (χ1v) is 5.26. The van der Waals surface area contributed by atoms with Crippen molar-refractivity contribution in [3.05, 3.63) is 29.3 Å². The molecule has 0 aliphatic rings. The maximum absolute atomic E-state index is 5.79. The lowest BCUT2D eigenvalue weighted by atomic mass is 10.2. The van der Waals surface area contributed by atoms with Gasteiger partial charge in [-0.3, -0.25) is 0 Å². The molecular weight excluding hydrogens is 218 g/mol. The Labute approximate surface area is 90.8 Å². The Balaban J connectivity index is 2.34. The molecule has 0 radical (unpaired) electrons. The van der Waals surface area contributed by atoms with E-state index in [0.717, 1.165) is 20.7 Å². The molecule has 1 aromatic heterocycles. The number of benzene rings is 1. The van der Waals surface area contributed by atoms with Gasteiger partial charge in [0, 0.05) is 17.6 Å². The van der Waals surface area contributed by atoms with Crippen molar-refractivity contribution in [2.24, 2.45) is 0 Å². The van der Waals surface area contributed by atoms with Crippen molar-refractivity contribution in [1.29, 1.82) is 0 Å². The number of hydrogen-bond acceptors (Lipinski definition) is 4. The van der Waals surface area contributed by atoms with Gasteiger partial charge in [0.05, 0.1) is 0 Å². The third-order valence-electron chi connectivity index (χ3n) is 1.73. The van der Waals surface area contributed by atoms with Gasteiger partial charge in [-0.1, -0.05) is 35.1 Å². The van der Waals surface area contributed by atoms with Gasteiger partial charge >= 0.3 is 0 Å². The average molecular weight is 226 g/mol. The first-order chi connectivity index (χ1) is 6.79. The summed E-state index contributed by atoms with van der Waals surface area (Å²) in [4.78, 5) is 0. The maximum Gasteiger partial charge on any atom is 0.205 e. The zero-order valence-corrected chi connectivity index (χ0v) is 9.06. The number of anilines is 1. The van der Waals surface area contributed by atoms with Crippen LogP contribution in [-0.4, -0.2) is 17.2 Å². The predicted octanol–water partition coefficient (Wildman–Crippen LogP) is 2.90. The number of hydrogen-bond donors (Lipinski definition) is 1. The average Bonchev–Trinajstić information content (AvgIpc) is 2.67. The van der Waals surface area contributed by atoms with Crippen molar-refractivity contribution < 1.29 is 0 Å². The van der Waals surface area contributed by atoms with Crippen molar-refractivity contribution >= 4 is 28.1 Å². The topological polar surface area (TPSA) is 37.8 Å². The van der Waals surface area contributed by atoms with Crippen LogP contribution in [0.4, 0.5) is 5.13 Å². The molecular formula is C9H8ClN3S. The third kappa shape index (κ3) is 1.86. The molecule has 1 N–H and O–H groups in total. The van der Waals surface area contributed by atoms with Crippen LogP contribution in [0.1, 0.15) is 0 Å². The van der Waals surface area contributed by atoms with Gasteiger partial charge in [-0.05, 0) is 12.1 Å². The van der Waals surface area contributed by atoms with Crippen molar-refractivity contribution in [3.8, 4) is 10.6 Å². The van der Waals surface area contributed by atoms with Crippen LogP contribution in [0.25, 0.3) is 10.6 Å². The van der Waals surface area contributed by atoms with Gasteiger partial charge in [0.2, 0.25) is 5.13 Å². The molecule has 0 bridgehead atoms. The highest BCUT2D eigenvalue weighted by Gasteiger charge is 2.04. The fraction of sp³-hybridized carbons (Fsp3) is 0.111. The van der Waals surface area contributed by atoms with Crippen LogP contribution in [0, 0.1) is 0 Å². The van der Waals surface area contributed by atoms with Crippen molar-refractivity contribution in [3.63, 3.8) is 0 Å². The molecule has 2 rings (SSSR count). The number of nitrogens with one attached hydrogen (secondary N) is 1. The van der Waals surface area contributed by atoms with Crippen molar-refractivity contribution in [2.75, 3.05) is 12.4 Å². The molecule has 72 valence electrons. The first kappa shape index (κ1) is 9.43. The van der Waals surface area contributed by atoms with E-state index >= 15 is 0 Å². The van der Waals surface area contributed by atoms with E-state index in [0.29, 0.717) is 0 Å². The van der Waals surface area contributed by atoms with Gasteiger partial charge in [-0.25, -0.2) is 0 Å². The summed E-state index contributed by atoms with van der Waals surface area (Å²) in [5.74, 6) is 0. The SMILES string of the molecule is CNc1nnc(-c2ccc(Cl)cc2)s1. The monoisotopic (exact) mass is 225 g/mol. The summed E-state index contributed by atoms with van der Waals surface area (Å²) >= 11 is 7.30. The van der Waals surface area contributed by atoms with E-state index in [1.54, 1.807) is 0 Å². The second-order valence-electron chi connectivity index (χ2n) is 2.67. The fourth-order valence-electron chi connectivity index (χ4n) is 1.03. The van der Waals surface area contributed by atoms with Gasteiger partial charge in [-0.15, -0.1) is 10.2 Å². The molecule has 0 amide bonds. The lowest BCUT2D eigenvalue weighted by Crippen LogP contribution is -1.84. The minimum Gasteiger partial charge on any atom is -0.363 e. The van der Waals surface area contributed by atoms with Crippen LogP contribution in [-0.2, 0) is 0 Å². The molecule has 0 aliphatic carbocycles. The summed E-state index contributed by atoms with van der Waals surface area (Å²) < 4.78 is 0. The van der Waals surface area contributed by atoms with Gasteiger partial charge in [0.15, 0.2) is 0 Å². The molecule has 0 spiro atoms. The van der Waals surface area contributed by atoms with Crippen molar-refractivity contribution in [2.45, 2.75) is 0 Å². The number of aromatic nitrogens is 2. The Bertz CT molecular complexity index is 424. The van der Waals surface area contributed by atoms with Crippen molar-refractivity contribution in [1.82, 2.24) is 10.2 Å². The molecule has 5 heteroatoms. The Morgan fingerprint density at radius 3 is 2.50 bits per heavy atom. The van der Waals surface area contributed by atoms with E-state index in [4.69, 9.17) is 11.6 Å². The van der Waals surface area contributed by atoms with Crippen LogP contribution in [0.3, 0.4) is 0 Å². The Morgan fingerprint density at radius 2 is 1.93 bits per heavy atom. The Hall–Kier alpha value is -1.13. The number of nitrogens with zero attached hydrogens (tertiary/aromatic N) is 2. The summed E-state index contributed by atoms with van der Waals surface area (Å²) in [7, 11) is 1.83. The number of rotatable bonds is 2. The molecule has 0 saturated heterocycles. The largest absolute Gasteiger partial charge is 0.363 e. The normalized spacial score (nSPS) is 10.1. The van der Waals surface area contributed by atoms with E-state index in [-0.39, 0.29) is 0 Å². The van der Waals surface area contributed by atoms with E-state index in [1.165, 1.54) is 11.3 Å². The lowest BCUT2D eigenvalue weighted by molar-refractivity contribution is 1.09. The quantitative estimate of drug-likeness (QED) is 0.854. The van der Waals surface area contributed by atoms with Crippen LogP contribution >= 0.6 is 22.9 Å². The van der Waals surface area contributed by atoms with Crippen LogP contribution in [0.5, 0.6) is 0 Å². The molecule has 0 fully saturated rings. The molecule has 0 atom stereocenters. The highest BCUT2D eigenvalue weighted by Crippen LogP contribution is 2.26. The zero-order chi connectivity index (χ0) is 9.97. The van der Waals surface area contributed by atoms with E-state index < -0.39 is 0 Å². The molecule has 3 nitrogen and oxygen atoms in total. The lowest BCUT2D eigenvalue weighted by Gasteiger charge is -1.93. The second kappa shape index (κ2) is 3.94. The van der Waals surface area contributed by atoms with Gasteiger partial charge < -0.3 is 5.32 Å². The molecule has 2 aromatic rings. The van der Waals surface area contributed by atoms with Crippen LogP contribution in [0.15, 0.2) is 24.3 Å². The summed E-state index contributed by atoms with van der Waals surface area (Å²) in [5.41, 5.74) is 1.04. The molecule has 0 aliphatic heterocycles. The smallest absolute Gasteiger partial charge is 0.205 e. The molecule has 0 saturated carbocycles. The highest BCUT2D eigenvalue weighted by atomic mass is 35.5.